The lowest BCUT2D eigenvalue weighted by atomic mass is 9.92. The van der Waals surface area contributed by atoms with Crippen molar-refractivity contribution in [3.8, 4) is 5.75 Å². The Morgan fingerprint density at radius 2 is 1.97 bits per heavy atom. The predicted octanol–water partition coefficient (Wildman–Crippen LogP) is 5.12. The van der Waals surface area contributed by atoms with E-state index in [2.05, 4.69) is 27.1 Å². The number of hydrogen-bond donors (Lipinski definition) is 2. The van der Waals surface area contributed by atoms with Crippen LogP contribution in [0, 0.1) is 0 Å². The number of rotatable bonds is 7. The molecule has 0 aliphatic carbocycles. The van der Waals surface area contributed by atoms with E-state index in [1.165, 1.54) is 0 Å². The van der Waals surface area contributed by atoms with Gasteiger partial charge in [-0.2, -0.15) is 0 Å². The van der Waals surface area contributed by atoms with Gasteiger partial charge in [0.15, 0.2) is 0 Å². The number of carbonyl (C=O) groups excluding carboxylic acids is 1. The Morgan fingerprint density at radius 1 is 1.18 bits per heavy atom. The first kappa shape index (κ1) is 22.8. The standard InChI is InChI=1S/C26H27ClN4O2/c1-3-17(22-12-11-21(27)16-29-22)15-20-5-4-6-23(32)24(20)30-26(33)19-9-7-18(8-10-19)25-28-13-14-31(25)2/h4-12,16-17,32H,3,13-15H2,1-2H3,(H,30,33). The molecule has 0 bridgehead atoms. The second-order valence-electron chi connectivity index (χ2n) is 8.18. The van der Waals surface area contributed by atoms with E-state index >= 15 is 0 Å². The van der Waals surface area contributed by atoms with Gasteiger partial charge in [0.25, 0.3) is 5.91 Å². The molecule has 33 heavy (non-hydrogen) atoms. The molecule has 6 nitrogen and oxygen atoms in total. The first-order valence-electron chi connectivity index (χ1n) is 11.1. The number of halogens is 1. The number of phenols is 1. The maximum atomic E-state index is 13.0. The zero-order valence-electron chi connectivity index (χ0n) is 18.8. The summed E-state index contributed by atoms with van der Waals surface area (Å²) in [7, 11) is 2.01. The second-order valence-corrected chi connectivity index (χ2v) is 8.62. The van der Waals surface area contributed by atoms with Crippen LogP contribution in [0.15, 0.2) is 65.8 Å². The minimum absolute atomic E-state index is 0.0401. The number of hydrogen-bond acceptors (Lipinski definition) is 5. The zero-order chi connectivity index (χ0) is 23.4. The molecule has 1 atom stereocenters. The molecule has 1 unspecified atom stereocenters. The zero-order valence-corrected chi connectivity index (χ0v) is 19.5. The maximum absolute atomic E-state index is 13.0. The monoisotopic (exact) mass is 462 g/mol. The van der Waals surface area contributed by atoms with Gasteiger partial charge in [-0.05, 0) is 48.7 Å². The summed E-state index contributed by atoms with van der Waals surface area (Å²) in [6.07, 6.45) is 3.13. The molecule has 0 spiro atoms. The van der Waals surface area contributed by atoms with Gasteiger partial charge in [-0.15, -0.1) is 0 Å². The molecule has 1 aliphatic heterocycles. The molecule has 0 fully saturated rings. The highest BCUT2D eigenvalue weighted by Gasteiger charge is 2.19. The summed E-state index contributed by atoms with van der Waals surface area (Å²) in [5, 5.41) is 14.0. The van der Waals surface area contributed by atoms with Gasteiger partial charge in [0.05, 0.1) is 17.3 Å². The minimum atomic E-state index is -0.274. The molecule has 2 aromatic carbocycles. The maximum Gasteiger partial charge on any atom is 0.255 e. The normalized spacial score (nSPS) is 14.2. The van der Waals surface area contributed by atoms with Gasteiger partial charge < -0.3 is 15.3 Å². The summed E-state index contributed by atoms with van der Waals surface area (Å²) < 4.78 is 0. The molecule has 0 saturated carbocycles. The Hall–Kier alpha value is -3.38. The summed E-state index contributed by atoms with van der Waals surface area (Å²) in [5.41, 5.74) is 3.71. The van der Waals surface area contributed by atoms with Crippen molar-refractivity contribution < 1.29 is 9.90 Å². The molecule has 170 valence electrons. The number of amides is 1. The second kappa shape index (κ2) is 10.0. The van der Waals surface area contributed by atoms with E-state index in [1.54, 1.807) is 30.5 Å². The van der Waals surface area contributed by atoms with Crippen molar-refractivity contribution in [3.63, 3.8) is 0 Å². The van der Waals surface area contributed by atoms with Crippen molar-refractivity contribution in [1.29, 1.82) is 0 Å². The molecule has 1 amide bonds. The third-order valence-corrected chi connectivity index (χ3v) is 6.18. The molecule has 1 aliphatic rings. The first-order chi connectivity index (χ1) is 16.0. The molecule has 0 saturated heterocycles. The molecule has 2 heterocycles. The molecule has 3 aromatic rings. The van der Waals surface area contributed by atoms with Crippen molar-refractivity contribution >= 4 is 29.0 Å². The van der Waals surface area contributed by atoms with Crippen LogP contribution in [0.1, 0.15) is 46.4 Å². The lowest BCUT2D eigenvalue weighted by Crippen LogP contribution is -2.23. The SMILES string of the molecule is CCC(Cc1cccc(O)c1NC(=O)c1ccc(C2=NCCN2C)cc1)c1ccc(Cl)cn1. The van der Waals surface area contributed by atoms with Crippen LogP contribution in [-0.2, 0) is 6.42 Å². The van der Waals surface area contributed by atoms with E-state index in [-0.39, 0.29) is 17.6 Å². The van der Waals surface area contributed by atoms with E-state index in [0.29, 0.717) is 22.7 Å². The van der Waals surface area contributed by atoms with Crippen molar-refractivity contribution in [2.45, 2.75) is 25.7 Å². The summed E-state index contributed by atoms with van der Waals surface area (Å²) in [6, 6.07) is 16.4. The number of phenolic OH excluding ortho intramolecular Hbond substituents is 1. The number of nitrogens with one attached hydrogen (secondary N) is 1. The van der Waals surface area contributed by atoms with Crippen LogP contribution >= 0.6 is 11.6 Å². The summed E-state index contributed by atoms with van der Waals surface area (Å²) in [6.45, 7) is 3.78. The number of anilines is 1. The Kier molecular flexibility index (Phi) is 6.94. The Morgan fingerprint density at radius 3 is 2.61 bits per heavy atom. The molecule has 2 N–H and O–H groups in total. The summed E-state index contributed by atoms with van der Waals surface area (Å²) in [4.78, 5) is 24.1. The van der Waals surface area contributed by atoms with Crippen molar-refractivity contribution in [3.05, 3.63) is 88.2 Å². The number of benzene rings is 2. The van der Waals surface area contributed by atoms with Crippen molar-refractivity contribution in [1.82, 2.24) is 9.88 Å². The fourth-order valence-electron chi connectivity index (χ4n) is 4.05. The number of aliphatic imine (C=N–C) groups is 1. The number of aromatic nitrogens is 1. The first-order valence-corrected chi connectivity index (χ1v) is 11.4. The van der Waals surface area contributed by atoms with Crippen LogP contribution in [0.3, 0.4) is 0 Å². The Bertz CT molecular complexity index is 1160. The molecular formula is C26H27ClN4O2. The van der Waals surface area contributed by atoms with Crippen LogP contribution in [-0.4, -0.2) is 46.9 Å². The number of para-hydroxylation sites is 1. The highest BCUT2D eigenvalue weighted by molar-refractivity contribution is 6.30. The van der Waals surface area contributed by atoms with Crippen molar-refractivity contribution in [2.24, 2.45) is 4.99 Å². The molecule has 1 aromatic heterocycles. The highest BCUT2D eigenvalue weighted by Crippen LogP contribution is 2.33. The van der Waals surface area contributed by atoms with E-state index in [4.69, 9.17) is 11.6 Å². The number of likely N-dealkylation sites (N-methyl/N-ethyl adjacent to an activating group) is 1. The van der Waals surface area contributed by atoms with Gasteiger partial charge in [0.1, 0.15) is 11.6 Å². The van der Waals surface area contributed by atoms with Crippen LogP contribution in [0.2, 0.25) is 5.02 Å². The summed E-state index contributed by atoms with van der Waals surface area (Å²) >= 11 is 5.98. The topological polar surface area (TPSA) is 77.8 Å². The average molecular weight is 463 g/mol. The number of nitrogens with zero attached hydrogens (tertiary/aromatic N) is 3. The third-order valence-electron chi connectivity index (χ3n) is 5.96. The van der Waals surface area contributed by atoms with Gasteiger partial charge in [-0.25, -0.2) is 0 Å². The number of carbonyl (C=O) groups is 1. The third kappa shape index (κ3) is 5.17. The van der Waals surface area contributed by atoms with Gasteiger partial charge >= 0.3 is 0 Å². The van der Waals surface area contributed by atoms with Crippen LogP contribution in [0.25, 0.3) is 0 Å². The lowest BCUT2D eigenvalue weighted by molar-refractivity contribution is 0.102. The van der Waals surface area contributed by atoms with Crippen molar-refractivity contribution in [2.75, 3.05) is 25.5 Å². The van der Waals surface area contributed by atoms with Crippen LogP contribution in [0.5, 0.6) is 5.75 Å². The smallest absolute Gasteiger partial charge is 0.255 e. The Labute approximate surface area is 199 Å². The van der Waals surface area contributed by atoms with E-state index in [0.717, 1.165) is 42.2 Å². The summed E-state index contributed by atoms with van der Waals surface area (Å²) in [5.74, 6) is 0.830. The van der Waals surface area contributed by atoms with Gasteiger partial charge in [-0.1, -0.05) is 42.8 Å². The number of aromatic hydroxyl groups is 1. The number of pyridine rings is 1. The van der Waals surface area contributed by atoms with E-state index in [1.807, 2.05) is 37.4 Å². The fraction of sp³-hybridized carbons (Fsp3) is 0.269. The van der Waals surface area contributed by atoms with E-state index in [9.17, 15) is 9.90 Å². The molecule has 7 heteroatoms. The Balaban J connectivity index is 1.53. The molecule has 0 radical (unpaired) electrons. The molecule has 4 rings (SSSR count). The van der Waals surface area contributed by atoms with Crippen LogP contribution in [0.4, 0.5) is 5.69 Å². The quantitative estimate of drug-likeness (QED) is 0.477. The largest absolute Gasteiger partial charge is 0.506 e. The highest BCUT2D eigenvalue weighted by atomic mass is 35.5. The van der Waals surface area contributed by atoms with Crippen LogP contribution < -0.4 is 5.32 Å². The van der Waals surface area contributed by atoms with Gasteiger partial charge in [-0.3, -0.25) is 14.8 Å². The predicted molar refractivity (Wildman–Crippen MR) is 133 cm³/mol. The number of amidine groups is 1. The average Bonchev–Trinajstić information content (AvgIpc) is 3.26. The van der Waals surface area contributed by atoms with Gasteiger partial charge in [0, 0.05) is 42.5 Å². The van der Waals surface area contributed by atoms with Gasteiger partial charge in [0.2, 0.25) is 0 Å². The minimum Gasteiger partial charge on any atom is -0.506 e. The molecular weight excluding hydrogens is 436 g/mol. The lowest BCUT2D eigenvalue weighted by Gasteiger charge is -2.18. The fourth-order valence-corrected chi connectivity index (χ4v) is 4.17. The van der Waals surface area contributed by atoms with E-state index < -0.39 is 0 Å².